The molecular weight excluding hydrogens is 166 g/mol. The molecule has 3 rings (SSSR count). The molecule has 2 aliphatic rings. The number of anilines is 1. The monoisotopic (exact) mass is 177 g/mol. The zero-order valence-corrected chi connectivity index (χ0v) is 7.30. The third-order valence-electron chi connectivity index (χ3n) is 2.55. The van der Waals surface area contributed by atoms with E-state index < -0.39 is 0 Å². The van der Waals surface area contributed by atoms with Crippen molar-refractivity contribution in [3.05, 3.63) is 17.7 Å². The predicted molar refractivity (Wildman–Crippen MR) is 49.4 cm³/mol. The van der Waals surface area contributed by atoms with Gasteiger partial charge in [0, 0.05) is 6.54 Å². The van der Waals surface area contributed by atoms with Crippen LogP contribution in [-0.4, -0.2) is 13.3 Å². The molecule has 0 unspecified atom stereocenters. The van der Waals surface area contributed by atoms with Gasteiger partial charge < -0.3 is 14.8 Å². The number of ether oxygens (including phenoxy) is 2. The van der Waals surface area contributed by atoms with Gasteiger partial charge in [0.25, 0.3) is 0 Å². The number of nitrogens with one attached hydrogen (secondary N) is 1. The van der Waals surface area contributed by atoms with Crippen LogP contribution in [0.2, 0.25) is 0 Å². The van der Waals surface area contributed by atoms with Gasteiger partial charge in [-0.25, -0.2) is 0 Å². The van der Waals surface area contributed by atoms with E-state index in [9.17, 15) is 0 Å². The van der Waals surface area contributed by atoms with E-state index >= 15 is 0 Å². The molecular formula is C10H11NO2. The molecule has 3 heteroatoms. The summed E-state index contributed by atoms with van der Waals surface area (Å²) in [6.07, 6.45) is 2.34. The van der Waals surface area contributed by atoms with Gasteiger partial charge in [0.2, 0.25) is 6.79 Å². The third-order valence-corrected chi connectivity index (χ3v) is 2.55. The van der Waals surface area contributed by atoms with Crippen LogP contribution in [0.25, 0.3) is 0 Å². The summed E-state index contributed by atoms with van der Waals surface area (Å²) in [5.74, 6) is 1.77. The third kappa shape index (κ3) is 0.963. The SMILES string of the molecule is c1cc2c(c3c1CCCN3)OCO2. The minimum Gasteiger partial charge on any atom is -0.454 e. The molecule has 0 saturated heterocycles. The van der Waals surface area contributed by atoms with Gasteiger partial charge in [-0.15, -0.1) is 0 Å². The molecule has 3 nitrogen and oxygen atoms in total. The summed E-state index contributed by atoms with van der Waals surface area (Å²) in [5, 5.41) is 3.36. The normalized spacial score (nSPS) is 17.8. The number of rotatable bonds is 0. The van der Waals surface area contributed by atoms with Crippen LogP contribution in [0.4, 0.5) is 5.69 Å². The maximum atomic E-state index is 5.41. The van der Waals surface area contributed by atoms with E-state index in [1.807, 2.05) is 6.07 Å². The van der Waals surface area contributed by atoms with Crippen molar-refractivity contribution in [2.45, 2.75) is 12.8 Å². The maximum absolute atomic E-state index is 5.41. The van der Waals surface area contributed by atoms with E-state index in [1.54, 1.807) is 0 Å². The zero-order chi connectivity index (χ0) is 8.67. The van der Waals surface area contributed by atoms with Crippen LogP contribution < -0.4 is 14.8 Å². The lowest BCUT2D eigenvalue weighted by molar-refractivity contribution is 0.174. The van der Waals surface area contributed by atoms with Crippen molar-refractivity contribution in [1.29, 1.82) is 0 Å². The van der Waals surface area contributed by atoms with Crippen molar-refractivity contribution >= 4 is 5.69 Å². The largest absolute Gasteiger partial charge is 0.454 e. The summed E-state index contributed by atoms with van der Waals surface area (Å²) >= 11 is 0. The molecule has 0 saturated carbocycles. The predicted octanol–water partition coefficient (Wildman–Crippen LogP) is 1.77. The lowest BCUT2D eigenvalue weighted by atomic mass is 10.0. The Balaban J connectivity index is 2.17. The van der Waals surface area contributed by atoms with Crippen molar-refractivity contribution in [1.82, 2.24) is 0 Å². The second-order valence-corrected chi connectivity index (χ2v) is 3.36. The van der Waals surface area contributed by atoms with Gasteiger partial charge >= 0.3 is 0 Å². The first-order valence-electron chi connectivity index (χ1n) is 4.60. The summed E-state index contributed by atoms with van der Waals surface area (Å²) in [6.45, 7) is 1.39. The molecule has 0 spiro atoms. The van der Waals surface area contributed by atoms with Crippen molar-refractivity contribution in [2.75, 3.05) is 18.7 Å². The second-order valence-electron chi connectivity index (χ2n) is 3.36. The molecule has 1 N–H and O–H groups in total. The Kier molecular flexibility index (Phi) is 1.39. The molecule has 2 aliphatic heterocycles. The molecule has 1 aromatic rings. The van der Waals surface area contributed by atoms with E-state index in [2.05, 4.69) is 11.4 Å². The lowest BCUT2D eigenvalue weighted by Gasteiger charge is -2.18. The molecule has 0 radical (unpaired) electrons. The molecule has 0 bridgehead atoms. The average molecular weight is 177 g/mol. The van der Waals surface area contributed by atoms with E-state index in [0.717, 1.165) is 30.2 Å². The first-order valence-corrected chi connectivity index (χ1v) is 4.60. The van der Waals surface area contributed by atoms with Crippen molar-refractivity contribution in [3.8, 4) is 11.5 Å². The van der Waals surface area contributed by atoms with Crippen molar-refractivity contribution < 1.29 is 9.47 Å². The summed E-state index contributed by atoms with van der Waals surface area (Å²) in [6, 6.07) is 4.11. The highest BCUT2D eigenvalue weighted by atomic mass is 16.7. The molecule has 68 valence electrons. The number of aryl methyl sites for hydroxylation is 1. The van der Waals surface area contributed by atoms with Crippen LogP contribution in [0.5, 0.6) is 11.5 Å². The number of hydrogen-bond acceptors (Lipinski definition) is 3. The Hall–Kier alpha value is -1.38. The van der Waals surface area contributed by atoms with E-state index in [0.29, 0.717) is 6.79 Å². The molecule has 2 heterocycles. The fourth-order valence-corrected chi connectivity index (χ4v) is 1.91. The molecule has 0 atom stereocenters. The summed E-state index contributed by atoms with van der Waals surface area (Å²) in [5.41, 5.74) is 2.48. The Bertz CT molecular complexity index is 349. The number of hydrogen-bond donors (Lipinski definition) is 1. The maximum Gasteiger partial charge on any atom is 0.231 e. The van der Waals surface area contributed by atoms with Gasteiger partial charge in [-0.05, 0) is 24.5 Å². The lowest BCUT2D eigenvalue weighted by Crippen LogP contribution is -2.12. The molecule has 13 heavy (non-hydrogen) atoms. The average Bonchev–Trinajstić information content (AvgIpc) is 2.65. The quantitative estimate of drug-likeness (QED) is 0.655. The van der Waals surface area contributed by atoms with Crippen LogP contribution in [0, 0.1) is 0 Å². The number of fused-ring (bicyclic) bond motifs is 3. The highest BCUT2D eigenvalue weighted by molar-refractivity contribution is 5.69. The van der Waals surface area contributed by atoms with E-state index in [4.69, 9.17) is 9.47 Å². The van der Waals surface area contributed by atoms with Gasteiger partial charge in [-0.1, -0.05) is 6.07 Å². The molecule has 0 aliphatic carbocycles. The van der Waals surface area contributed by atoms with Crippen molar-refractivity contribution in [3.63, 3.8) is 0 Å². The first-order chi connectivity index (χ1) is 6.45. The Morgan fingerprint density at radius 2 is 2.23 bits per heavy atom. The molecule has 0 amide bonds. The Labute approximate surface area is 76.7 Å². The Morgan fingerprint density at radius 1 is 1.23 bits per heavy atom. The number of benzene rings is 1. The van der Waals surface area contributed by atoms with Crippen LogP contribution in [0.3, 0.4) is 0 Å². The van der Waals surface area contributed by atoms with Crippen LogP contribution in [0.1, 0.15) is 12.0 Å². The van der Waals surface area contributed by atoms with E-state index in [-0.39, 0.29) is 0 Å². The standard InChI is InChI=1S/C10H11NO2/c1-2-7-3-4-8-10(13-6-12-8)9(7)11-5-1/h3-4,11H,1-2,5-6H2. The van der Waals surface area contributed by atoms with Gasteiger partial charge in [-0.3, -0.25) is 0 Å². The van der Waals surface area contributed by atoms with Gasteiger partial charge in [-0.2, -0.15) is 0 Å². The van der Waals surface area contributed by atoms with Gasteiger partial charge in [0.15, 0.2) is 11.5 Å². The molecule has 1 aromatic carbocycles. The molecule has 0 fully saturated rings. The van der Waals surface area contributed by atoms with Crippen LogP contribution in [-0.2, 0) is 6.42 Å². The molecule has 0 aromatic heterocycles. The highest BCUT2D eigenvalue weighted by Crippen LogP contribution is 2.42. The highest BCUT2D eigenvalue weighted by Gasteiger charge is 2.22. The minimum absolute atomic E-state index is 0.355. The zero-order valence-electron chi connectivity index (χ0n) is 7.30. The van der Waals surface area contributed by atoms with Gasteiger partial charge in [0.1, 0.15) is 0 Å². The van der Waals surface area contributed by atoms with Crippen molar-refractivity contribution in [2.24, 2.45) is 0 Å². The summed E-state index contributed by atoms with van der Waals surface area (Å²) < 4.78 is 10.7. The topological polar surface area (TPSA) is 30.5 Å². The smallest absolute Gasteiger partial charge is 0.231 e. The van der Waals surface area contributed by atoms with Crippen LogP contribution >= 0.6 is 0 Å². The van der Waals surface area contributed by atoms with Crippen LogP contribution in [0.15, 0.2) is 12.1 Å². The fourth-order valence-electron chi connectivity index (χ4n) is 1.91. The van der Waals surface area contributed by atoms with E-state index in [1.165, 1.54) is 12.0 Å². The summed E-state index contributed by atoms with van der Waals surface area (Å²) in [4.78, 5) is 0. The second kappa shape index (κ2) is 2.55. The van der Waals surface area contributed by atoms with Gasteiger partial charge in [0.05, 0.1) is 5.69 Å². The first kappa shape index (κ1) is 7.06. The Morgan fingerprint density at radius 3 is 3.23 bits per heavy atom. The minimum atomic E-state index is 0.355. The fraction of sp³-hybridized carbons (Fsp3) is 0.400. The summed E-state index contributed by atoms with van der Waals surface area (Å²) in [7, 11) is 0.